The number of hydrogen-bond acceptors (Lipinski definition) is 4. The molecule has 0 rings (SSSR count). The van der Waals surface area contributed by atoms with Crippen LogP contribution >= 0.6 is 0 Å². The molecule has 0 aromatic carbocycles. The smallest absolute Gasteiger partial charge is 0.303 e. The second-order valence-corrected chi connectivity index (χ2v) is 2.55. The van der Waals surface area contributed by atoms with Crippen LogP contribution in [0.4, 0.5) is 0 Å². The van der Waals surface area contributed by atoms with Crippen molar-refractivity contribution in [1.82, 2.24) is 5.43 Å². The van der Waals surface area contributed by atoms with E-state index in [4.69, 9.17) is 15.6 Å². The van der Waals surface area contributed by atoms with Crippen LogP contribution in [0, 0.1) is 5.41 Å². The third-order valence-electron chi connectivity index (χ3n) is 1.19. The minimum absolute atomic E-state index is 0.0628. The van der Waals surface area contributed by atoms with Crippen LogP contribution in [-0.2, 0) is 9.59 Å². The monoisotopic (exact) mass is 220 g/mol. The fourth-order valence-corrected chi connectivity index (χ4v) is 0.552. The highest BCUT2D eigenvalue weighted by molar-refractivity contribution is 5.73. The number of unbranched alkanes of at least 4 members (excludes halogenated alkanes) is 1. The van der Waals surface area contributed by atoms with E-state index < -0.39 is 11.9 Å². The Morgan fingerprint density at radius 2 is 1.40 bits per heavy atom. The molecule has 0 heterocycles. The van der Waals surface area contributed by atoms with Gasteiger partial charge in [0.2, 0.25) is 0 Å². The number of nitrogens with two attached hydrogens (primary N) is 2. The van der Waals surface area contributed by atoms with E-state index >= 15 is 0 Å². The molecule has 0 amide bonds. The van der Waals surface area contributed by atoms with Crippen LogP contribution in [0.3, 0.4) is 0 Å². The zero-order valence-electron chi connectivity index (χ0n) is 8.19. The molecule has 8 N–H and O–H groups in total. The Kier molecular flexibility index (Phi) is 10.7. The van der Waals surface area contributed by atoms with Crippen molar-refractivity contribution in [2.75, 3.05) is 0 Å². The molecule has 0 fully saturated rings. The molecule has 0 aliphatic heterocycles. The van der Waals surface area contributed by atoms with Gasteiger partial charge in [0.1, 0.15) is 0 Å². The Labute approximate surface area is 86.7 Å². The van der Waals surface area contributed by atoms with Gasteiger partial charge < -0.3 is 15.9 Å². The largest absolute Gasteiger partial charge is 0.481 e. The number of guanidine groups is 1. The van der Waals surface area contributed by atoms with Crippen molar-refractivity contribution >= 4 is 17.9 Å². The third kappa shape index (κ3) is 24.5. The van der Waals surface area contributed by atoms with Gasteiger partial charge in [-0.25, -0.2) is 5.84 Å². The first-order valence-corrected chi connectivity index (χ1v) is 4.14. The maximum atomic E-state index is 9.90. The fourth-order valence-electron chi connectivity index (χ4n) is 0.552. The van der Waals surface area contributed by atoms with Crippen LogP contribution in [0.25, 0.3) is 0 Å². The van der Waals surface area contributed by atoms with Crippen molar-refractivity contribution < 1.29 is 19.8 Å². The number of carboxylic acids is 2. The zero-order valence-corrected chi connectivity index (χ0v) is 8.19. The molecule has 0 aliphatic carbocycles. The highest BCUT2D eigenvalue weighted by Gasteiger charge is 1.99. The normalized spacial score (nSPS) is 8.33. The zero-order chi connectivity index (χ0) is 12.3. The molecule has 0 spiro atoms. The minimum atomic E-state index is -0.870. The van der Waals surface area contributed by atoms with Gasteiger partial charge in [-0.2, -0.15) is 0 Å². The molecule has 0 saturated carbocycles. The van der Waals surface area contributed by atoms with Crippen molar-refractivity contribution in [3.63, 3.8) is 0 Å². The van der Waals surface area contributed by atoms with Crippen molar-refractivity contribution in [3.05, 3.63) is 0 Å². The first kappa shape index (κ1) is 15.6. The fraction of sp³-hybridized carbons (Fsp3) is 0.571. The number of nitrogens with one attached hydrogen (secondary N) is 2. The van der Waals surface area contributed by atoms with E-state index in [0.717, 1.165) is 0 Å². The average Bonchev–Trinajstić information content (AvgIpc) is 2.13. The minimum Gasteiger partial charge on any atom is -0.481 e. The van der Waals surface area contributed by atoms with Crippen LogP contribution in [0.15, 0.2) is 0 Å². The van der Waals surface area contributed by atoms with Gasteiger partial charge in [0, 0.05) is 12.8 Å². The van der Waals surface area contributed by atoms with E-state index in [2.05, 4.69) is 11.6 Å². The summed E-state index contributed by atoms with van der Waals surface area (Å²) in [6.45, 7) is 0. The van der Waals surface area contributed by atoms with Crippen LogP contribution in [0.2, 0.25) is 0 Å². The summed E-state index contributed by atoms with van der Waals surface area (Å²) in [5, 5.41) is 22.5. The van der Waals surface area contributed by atoms with Gasteiger partial charge in [0.25, 0.3) is 0 Å². The molecule has 0 radical (unpaired) electrons. The first-order chi connectivity index (χ1) is 6.90. The van der Waals surface area contributed by atoms with E-state index in [1.165, 1.54) is 0 Å². The highest BCUT2D eigenvalue weighted by Crippen LogP contribution is 1.98. The van der Waals surface area contributed by atoms with Crippen LogP contribution < -0.4 is 17.0 Å². The Balaban J connectivity index is 0. The molecule has 8 heteroatoms. The summed E-state index contributed by atoms with van der Waals surface area (Å²) in [4.78, 5) is 19.8. The van der Waals surface area contributed by atoms with E-state index in [1.807, 2.05) is 5.43 Å². The number of hydrogen-bond donors (Lipinski definition) is 6. The molecule has 0 aromatic heterocycles. The predicted octanol–water partition coefficient (Wildman–Crippen LogP) is -0.941. The summed E-state index contributed by atoms with van der Waals surface area (Å²) in [5.74, 6) is 2.61. The van der Waals surface area contributed by atoms with Gasteiger partial charge in [-0.1, -0.05) is 0 Å². The third-order valence-corrected chi connectivity index (χ3v) is 1.19. The van der Waals surface area contributed by atoms with E-state index in [0.29, 0.717) is 12.8 Å². The Morgan fingerprint density at radius 3 is 1.53 bits per heavy atom. The Morgan fingerprint density at radius 1 is 1.13 bits per heavy atom. The maximum Gasteiger partial charge on any atom is 0.303 e. The van der Waals surface area contributed by atoms with Crippen molar-refractivity contribution in [2.24, 2.45) is 11.6 Å². The summed E-state index contributed by atoms with van der Waals surface area (Å²) in [5.41, 5.74) is 6.53. The molecule has 0 unspecified atom stereocenters. The van der Waals surface area contributed by atoms with E-state index in [-0.39, 0.29) is 18.8 Å². The SMILES string of the molecule is N=C(N)NN.O=C(O)CCCCC(=O)O. The van der Waals surface area contributed by atoms with E-state index in [9.17, 15) is 9.59 Å². The second-order valence-electron chi connectivity index (χ2n) is 2.55. The summed E-state index contributed by atoms with van der Waals surface area (Å²) < 4.78 is 0. The Bertz CT molecular complexity index is 203. The standard InChI is InChI=1S/C6H10O4.CH6N4/c7-5(8)3-1-2-4-6(9)10;2-1(3)5-4/h1-4H2,(H,7,8)(H,9,10);4H2,(H4,2,3,5). The molecule has 88 valence electrons. The summed E-state index contributed by atoms with van der Waals surface area (Å²) in [7, 11) is 0. The molecule has 0 saturated heterocycles. The molecule has 0 bridgehead atoms. The first-order valence-electron chi connectivity index (χ1n) is 4.14. The van der Waals surface area contributed by atoms with Gasteiger partial charge in [-0.05, 0) is 12.8 Å². The topological polar surface area (TPSA) is 163 Å². The van der Waals surface area contributed by atoms with Gasteiger partial charge in [-0.3, -0.25) is 20.4 Å². The molecule has 0 aromatic rings. The average molecular weight is 220 g/mol. The van der Waals surface area contributed by atoms with Crippen molar-refractivity contribution in [1.29, 1.82) is 5.41 Å². The lowest BCUT2D eigenvalue weighted by molar-refractivity contribution is -0.139. The van der Waals surface area contributed by atoms with Gasteiger partial charge in [-0.15, -0.1) is 0 Å². The van der Waals surface area contributed by atoms with Crippen LogP contribution in [0.5, 0.6) is 0 Å². The molecule has 15 heavy (non-hydrogen) atoms. The van der Waals surface area contributed by atoms with Gasteiger partial charge in [0.05, 0.1) is 0 Å². The van der Waals surface area contributed by atoms with Crippen molar-refractivity contribution in [2.45, 2.75) is 25.7 Å². The van der Waals surface area contributed by atoms with Crippen LogP contribution in [-0.4, -0.2) is 28.1 Å². The van der Waals surface area contributed by atoms with Crippen molar-refractivity contribution in [3.8, 4) is 0 Å². The molecule has 8 nitrogen and oxygen atoms in total. The quantitative estimate of drug-likeness (QED) is 0.114. The number of carbonyl (C=O) groups is 2. The number of rotatable bonds is 5. The Hall–Kier alpha value is -1.83. The van der Waals surface area contributed by atoms with E-state index in [1.54, 1.807) is 0 Å². The summed E-state index contributed by atoms with van der Waals surface area (Å²) >= 11 is 0. The number of hydrazine groups is 1. The number of aliphatic carboxylic acids is 2. The molecule has 0 atom stereocenters. The maximum absolute atomic E-state index is 9.90. The summed E-state index contributed by atoms with van der Waals surface area (Å²) in [6, 6.07) is 0. The highest BCUT2D eigenvalue weighted by atomic mass is 16.4. The summed E-state index contributed by atoms with van der Waals surface area (Å²) in [6.07, 6.45) is 1.02. The lowest BCUT2D eigenvalue weighted by Crippen LogP contribution is -2.35. The van der Waals surface area contributed by atoms with Gasteiger partial charge >= 0.3 is 11.9 Å². The lowest BCUT2D eigenvalue weighted by Gasteiger charge is -1.92. The molecular weight excluding hydrogens is 204 g/mol. The molecular formula is C7H16N4O4. The van der Waals surface area contributed by atoms with Gasteiger partial charge in [0.15, 0.2) is 5.96 Å². The lowest BCUT2D eigenvalue weighted by atomic mass is 10.2. The molecule has 0 aliphatic rings. The predicted molar refractivity (Wildman–Crippen MR) is 53.0 cm³/mol. The second kappa shape index (κ2) is 10.3. The van der Waals surface area contributed by atoms with Crippen LogP contribution in [0.1, 0.15) is 25.7 Å². The number of carboxylic acid groups (broad SMARTS) is 2.